The third kappa shape index (κ3) is 7.55. The first kappa shape index (κ1) is 29.4. The fourth-order valence-corrected chi connectivity index (χ4v) is 4.96. The Morgan fingerprint density at radius 1 is 0.650 bits per heavy atom. The average Bonchev–Trinajstić information content (AvgIpc) is 2.91. The molecule has 2 amide bonds. The summed E-state index contributed by atoms with van der Waals surface area (Å²) < 4.78 is 0. The van der Waals surface area contributed by atoms with Gasteiger partial charge in [0.05, 0.1) is 23.1 Å². The van der Waals surface area contributed by atoms with Crippen LogP contribution in [0.25, 0.3) is 0 Å². The summed E-state index contributed by atoms with van der Waals surface area (Å²) in [6, 6.07) is 9.23. The van der Waals surface area contributed by atoms with Crippen molar-refractivity contribution in [2.45, 2.75) is 12.8 Å². The summed E-state index contributed by atoms with van der Waals surface area (Å²) in [5, 5.41) is 1.33. The number of Topliss-reactive ketones (excluding diaryl/α,β-unsaturated/α-hetero) is 2. The number of nitrogens with one attached hydrogen (secondary N) is 2. The van der Waals surface area contributed by atoms with Crippen molar-refractivity contribution in [3.63, 3.8) is 0 Å². The molecule has 0 aliphatic carbocycles. The number of carbonyl (C=O) groups is 4. The van der Waals surface area contributed by atoms with Crippen LogP contribution >= 0.6 is 46.4 Å². The molecule has 0 radical (unpaired) electrons. The van der Waals surface area contributed by atoms with Crippen molar-refractivity contribution in [3.05, 3.63) is 116 Å². The number of hydrogen-bond acceptors (Lipinski definition) is 6. The van der Waals surface area contributed by atoms with Gasteiger partial charge in [0, 0.05) is 57.1 Å². The molecule has 40 heavy (non-hydrogen) atoms. The van der Waals surface area contributed by atoms with Crippen LogP contribution in [0.1, 0.15) is 33.6 Å². The molecule has 2 heterocycles. The molecule has 0 spiro atoms. The Balaban J connectivity index is 1.32. The van der Waals surface area contributed by atoms with Crippen molar-refractivity contribution in [1.82, 2.24) is 20.7 Å². The Bertz CT molecular complexity index is 1390. The first-order valence-electron chi connectivity index (χ1n) is 11.9. The summed E-state index contributed by atoms with van der Waals surface area (Å²) in [5.74, 6) is -1.57. The second kappa shape index (κ2) is 13.2. The predicted octanol–water partition coefficient (Wildman–Crippen LogP) is 5.72. The van der Waals surface area contributed by atoms with Crippen LogP contribution in [0.4, 0.5) is 0 Å². The lowest BCUT2D eigenvalue weighted by Gasteiger charge is -2.22. The van der Waals surface area contributed by atoms with Gasteiger partial charge >= 0.3 is 0 Å². The minimum absolute atomic E-state index is 0.0456. The normalized spacial score (nSPS) is 14.4. The number of halogens is 4. The van der Waals surface area contributed by atoms with E-state index in [0.29, 0.717) is 45.2 Å². The topological polar surface area (TPSA) is 98.8 Å². The van der Waals surface area contributed by atoms with E-state index in [1.165, 1.54) is 24.5 Å². The van der Waals surface area contributed by atoms with Gasteiger partial charge in [-0.05, 0) is 49.2 Å². The maximum absolute atomic E-state index is 12.7. The SMILES string of the molecule is O=C(NNC(=O)C1=CN(CC(=O)c2ccc(Cl)cc2Cl)C=CC1)C1=CN(CC(=O)c2ccc(Cl)cc2Cl)C=CC1. The fourth-order valence-electron chi connectivity index (χ4n) is 3.93. The number of carbonyl (C=O) groups excluding carboxylic acids is 4. The minimum atomic E-state index is -0.531. The lowest BCUT2D eigenvalue weighted by Crippen LogP contribution is -2.44. The third-order valence-electron chi connectivity index (χ3n) is 5.90. The average molecular weight is 620 g/mol. The van der Waals surface area contributed by atoms with Gasteiger partial charge in [-0.15, -0.1) is 0 Å². The highest BCUT2D eigenvalue weighted by Gasteiger charge is 2.20. The molecule has 206 valence electrons. The van der Waals surface area contributed by atoms with Gasteiger partial charge in [0.1, 0.15) is 0 Å². The van der Waals surface area contributed by atoms with Crippen molar-refractivity contribution in [2.24, 2.45) is 0 Å². The van der Waals surface area contributed by atoms with Gasteiger partial charge < -0.3 is 9.80 Å². The quantitative estimate of drug-likeness (QED) is 0.290. The first-order chi connectivity index (χ1) is 19.1. The zero-order valence-corrected chi connectivity index (χ0v) is 23.8. The number of allylic oxidation sites excluding steroid dienone is 2. The Morgan fingerprint density at radius 2 is 1.05 bits per heavy atom. The number of amides is 2. The van der Waals surface area contributed by atoms with Crippen LogP contribution in [0, 0.1) is 0 Å². The molecule has 2 N–H and O–H groups in total. The van der Waals surface area contributed by atoms with Gasteiger partial charge in [-0.1, -0.05) is 58.6 Å². The number of rotatable bonds is 8. The first-order valence-corrected chi connectivity index (χ1v) is 13.5. The number of ketones is 2. The lowest BCUT2D eigenvalue weighted by molar-refractivity contribution is -0.125. The van der Waals surface area contributed by atoms with Gasteiger partial charge in [0.25, 0.3) is 11.8 Å². The van der Waals surface area contributed by atoms with Crippen LogP contribution in [-0.2, 0) is 9.59 Å². The van der Waals surface area contributed by atoms with Gasteiger partial charge in [-0.3, -0.25) is 30.0 Å². The molecule has 4 rings (SSSR count). The zero-order chi connectivity index (χ0) is 28.8. The van der Waals surface area contributed by atoms with Crippen molar-refractivity contribution in [2.75, 3.05) is 13.1 Å². The minimum Gasteiger partial charge on any atom is -0.346 e. The molecular weight excluding hydrogens is 598 g/mol. The van der Waals surface area contributed by atoms with Gasteiger partial charge in [-0.25, -0.2) is 0 Å². The monoisotopic (exact) mass is 618 g/mol. The summed E-state index contributed by atoms with van der Waals surface area (Å²) in [5.41, 5.74) is 6.10. The molecule has 0 unspecified atom stereocenters. The molecule has 0 atom stereocenters. The second-order valence-electron chi connectivity index (χ2n) is 8.83. The highest BCUT2D eigenvalue weighted by Crippen LogP contribution is 2.24. The Labute approximate surface area is 250 Å². The molecule has 0 fully saturated rings. The zero-order valence-electron chi connectivity index (χ0n) is 20.8. The maximum Gasteiger partial charge on any atom is 0.267 e. The predicted molar refractivity (Wildman–Crippen MR) is 155 cm³/mol. The lowest BCUT2D eigenvalue weighted by atomic mass is 10.1. The van der Waals surface area contributed by atoms with Crippen molar-refractivity contribution in [3.8, 4) is 0 Å². The molecule has 2 aliphatic rings. The summed E-state index contributed by atoms with van der Waals surface area (Å²) in [6.45, 7) is -0.0913. The summed E-state index contributed by atoms with van der Waals surface area (Å²) in [4.78, 5) is 53.9. The van der Waals surface area contributed by atoms with Crippen LogP contribution in [0.3, 0.4) is 0 Å². The smallest absolute Gasteiger partial charge is 0.267 e. The van der Waals surface area contributed by atoms with E-state index in [1.54, 1.807) is 58.6 Å². The van der Waals surface area contributed by atoms with E-state index in [0.717, 1.165) is 0 Å². The fraction of sp³-hybridized carbons (Fsp3) is 0.143. The van der Waals surface area contributed by atoms with Crippen LogP contribution in [0.5, 0.6) is 0 Å². The Hall–Kier alpha value is -3.56. The van der Waals surface area contributed by atoms with Crippen LogP contribution in [0.15, 0.2) is 84.5 Å². The Morgan fingerprint density at radius 3 is 1.43 bits per heavy atom. The van der Waals surface area contributed by atoms with Crippen LogP contribution in [-0.4, -0.2) is 46.3 Å². The van der Waals surface area contributed by atoms with E-state index in [-0.39, 0.29) is 34.7 Å². The van der Waals surface area contributed by atoms with Crippen molar-refractivity contribution < 1.29 is 19.2 Å². The molecule has 8 nitrogen and oxygen atoms in total. The van der Waals surface area contributed by atoms with Crippen molar-refractivity contribution >= 4 is 69.8 Å². The molecule has 2 aromatic rings. The van der Waals surface area contributed by atoms with Crippen LogP contribution in [0.2, 0.25) is 20.1 Å². The summed E-state index contributed by atoms with van der Waals surface area (Å²) in [6.07, 6.45) is 10.5. The molecule has 12 heteroatoms. The van der Waals surface area contributed by atoms with Crippen molar-refractivity contribution in [1.29, 1.82) is 0 Å². The number of hydrazine groups is 1. The van der Waals surface area contributed by atoms with Gasteiger partial charge in [0.15, 0.2) is 11.6 Å². The standard InChI is InChI=1S/C28H22Cl4N4O4/c29-19-5-7-21(23(31)11-19)25(37)15-35-9-1-3-17(13-35)27(39)33-34-28(40)18-4-2-10-36(14-18)16-26(38)22-8-6-20(30)12-24(22)32/h1-2,5-14H,3-4,15-16H2,(H,33,39)(H,34,40). The van der Waals surface area contributed by atoms with Crippen LogP contribution < -0.4 is 10.9 Å². The van der Waals surface area contributed by atoms with E-state index in [2.05, 4.69) is 10.9 Å². The summed E-state index contributed by atoms with van der Waals surface area (Å²) in [7, 11) is 0. The third-order valence-corrected chi connectivity index (χ3v) is 7.00. The number of hydrogen-bond donors (Lipinski definition) is 2. The van der Waals surface area contributed by atoms with E-state index >= 15 is 0 Å². The molecule has 0 saturated heterocycles. The highest BCUT2D eigenvalue weighted by molar-refractivity contribution is 6.37. The molecule has 0 aromatic heterocycles. The highest BCUT2D eigenvalue weighted by atomic mass is 35.5. The van der Waals surface area contributed by atoms with Gasteiger partial charge in [-0.2, -0.15) is 0 Å². The maximum atomic E-state index is 12.7. The van der Waals surface area contributed by atoms with E-state index in [4.69, 9.17) is 46.4 Å². The molecule has 0 saturated carbocycles. The van der Waals surface area contributed by atoms with Gasteiger partial charge in [0.2, 0.25) is 0 Å². The molecule has 0 bridgehead atoms. The van der Waals surface area contributed by atoms with E-state index < -0.39 is 11.8 Å². The number of benzene rings is 2. The molecule has 2 aliphatic heterocycles. The summed E-state index contributed by atoms with van der Waals surface area (Å²) >= 11 is 24.1. The largest absolute Gasteiger partial charge is 0.346 e. The van der Waals surface area contributed by atoms with E-state index in [9.17, 15) is 19.2 Å². The number of nitrogens with zero attached hydrogens (tertiary/aromatic N) is 2. The van der Waals surface area contributed by atoms with E-state index in [1.807, 2.05) is 0 Å². The Kier molecular flexibility index (Phi) is 9.71. The molecular formula is C28H22Cl4N4O4. The molecule has 2 aromatic carbocycles. The second-order valence-corrected chi connectivity index (χ2v) is 10.5.